The minimum atomic E-state index is -1.50. The van der Waals surface area contributed by atoms with Gasteiger partial charge in [-0.3, -0.25) is 0 Å². The Morgan fingerprint density at radius 3 is 1.77 bits per heavy atom. The minimum absolute atomic E-state index is 0. The van der Waals surface area contributed by atoms with Gasteiger partial charge >= 0.3 is 21.7 Å². The van der Waals surface area contributed by atoms with Crippen LogP contribution in [0, 0.1) is 0 Å². The van der Waals surface area contributed by atoms with Crippen LogP contribution in [0.1, 0.15) is 12.8 Å². The smallest absolute Gasteiger partial charge is 1.00 e. The first kappa shape index (κ1) is 25.6. The van der Waals surface area contributed by atoms with Gasteiger partial charge in [-0.1, -0.05) is 96.3 Å². The standard InChI is InChI=1S/C21H21Si.3ClH.Ti/c1-3-9-18(10-4-1)19-13-14-21(17-19)22(15-7-8-16-22)20-11-5-2-6-12-20;;;;/h1-6,9-14,17H,7-8,15-16H2;3*1H;/q-1;;;;+4/p-3. The molecular formula is C21H21Cl3SiTi. The molecule has 0 N–H and O–H groups in total. The summed E-state index contributed by atoms with van der Waals surface area (Å²) >= 11 is 0. The summed E-state index contributed by atoms with van der Waals surface area (Å²) < 4.78 is 0. The van der Waals surface area contributed by atoms with Crippen LogP contribution in [-0.2, 0) is 21.7 Å². The summed E-state index contributed by atoms with van der Waals surface area (Å²) in [5.41, 5.74) is 2.72. The summed E-state index contributed by atoms with van der Waals surface area (Å²) in [6.45, 7) is 0. The SMILES string of the molecule is [Cl-].[Cl-].[Cl-].[Ti+4].c1ccc(-c2cc[c-]([Si]3(c4ccccc4)CCCC3)c2)cc1. The second-order valence-corrected chi connectivity index (χ2v) is 10.7. The predicted molar refractivity (Wildman–Crippen MR) is 97.8 cm³/mol. The zero-order valence-corrected chi connectivity index (χ0v) is 19.3. The van der Waals surface area contributed by atoms with Crippen molar-refractivity contribution in [2.75, 3.05) is 0 Å². The van der Waals surface area contributed by atoms with Gasteiger partial charge in [0.05, 0.1) is 8.07 Å². The van der Waals surface area contributed by atoms with Gasteiger partial charge in [-0.2, -0.15) is 22.9 Å². The van der Waals surface area contributed by atoms with Crippen LogP contribution in [0.4, 0.5) is 0 Å². The maximum absolute atomic E-state index is 2.47. The molecule has 26 heavy (non-hydrogen) atoms. The Labute approximate surface area is 191 Å². The molecule has 5 heteroatoms. The van der Waals surface area contributed by atoms with Crippen molar-refractivity contribution in [2.45, 2.75) is 24.9 Å². The van der Waals surface area contributed by atoms with Crippen molar-refractivity contribution in [1.82, 2.24) is 0 Å². The van der Waals surface area contributed by atoms with Gasteiger partial charge in [0.15, 0.2) is 0 Å². The van der Waals surface area contributed by atoms with Crippen LogP contribution in [0.5, 0.6) is 0 Å². The zero-order chi connectivity index (χ0) is 14.8. The number of hydrogen-bond donors (Lipinski definition) is 0. The molecule has 4 rings (SSSR count). The van der Waals surface area contributed by atoms with Crippen molar-refractivity contribution in [3.8, 4) is 11.1 Å². The molecule has 134 valence electrons. The van der Waals surface area contributed by atoms with Crippen molar-refractivity contribution in [3.05, 3.63) is 78.9 Å². The molecule has 0 bridgehead atoms. The van der Waals surface area contributed by atoms with Gasteiger partial charge in [0.2, 0.25) is 0 Å². The molecular weight excluding hydrogens is 435 g/mol. The Morgan fingerprint density at radius 1 is 0.654 bits per heavy atom. The third kappa shape index (κ3) is 4.90. The van der Waals surface area contributed by atoms with E-state index in [0.29, 0.717) is 0 Å². The van der Waals surface area contributed by atoms with Gasteiger partial charge in [0.25, 0.3) is 0 Å². The molecule has 0 spiro atoms. The topological polar surface area (TPSA) is 0 Å². The molecule has 3 aromatic carbocycles. The zero-order valence-electron chi connectivity index (χ0n) is 14.5. The Kier molecular flexibility index (Phi) is 11.3. The van der Waals surface area contributed by atoms with E-state index in [9.17, 15) is 0 Å². The summed E-state index contributed by atoms with van der Waals surface area (Å²) in [4.78, 5) is 0. The quantitative estimate of drug-likeness (QED) is 0.276. The van der Waals surface area contributed by atoms with Crippen LogP contribution < -0.4 is 47.6 Å². The molecule has 1 fully saturated rings. The molecule has 0 amide bonds. The third-order valence-electron chi connectivity index (χ3n) is 5.20. The van der Waals surface area contributed by atoms with Gasteiger partial charge in [-0.05, 0) is 0 Å². The first-order valence-corrected chi connectivity index (χ1v) is 10.7. The van der Waals surface area contributed by atoms with E-state index in [0.717, 1.165) is 0 Å². The summed E-state index contributed by atoms with van der Waals surface area (Å²) in [6, 6.07) is 32.1. The van der Waals surface area contributed by atoms with Gasteiger partial charge in [0, 0.05) is 0 Å². The average molecular weight is 456 g/mol. The van der Waals surface area contributed by atoms with Crippen LogP contribution in [-0.4, -0.2) is 8.07 Å². The fourth-order valence-electron chi connectivity index (χ4n) is 4.03. The molecule has 1 heterocycles. The Bertz CT molecular complexity index is 753. The van der Waals surface area contributed by atoms with E-state index in [-0.39, 0.29) is 58.9 Å². The molecule has 0 radical (unpaired) electrons. The van der Waals surface area contributed by atoms with Crippen LogP contribution in [0.3, 0.4) is 0 Å². The molecule has 0 unspecified atom stereocenters. The van der Waals surface area contributed by atoms with E-state index in [2.05, 4.69) is 78.9 Å². The molecule has 1 aliphatic rings. The monoisotopic (exact) mass is 454 g/mol. The van der Waals surface area contributed by atoms with Gasteiger partial charge in [-0.15, -0.1) is 0 Å². The van der Waals surface area contributed by atoms with E-state index in [1.807, 2.05) is 0 Å². The molecule has 0 atom stereocenters. The van der Waals surface area contributed by atoms with Gasteiger partial charge in [-0.25, -0.2) is 6.07 Å². The van der Waals surface area contributed by atoms with Crippen molar-refractivity contribution in [3.63, 3.8) is 0 Å². The van der Waals surface area contributed by atoms with Gasteiger partial charge < -0.3 is 37.2 Å². The van der Waals surface area contributed by atoms with Crippen molar-refractivity contribution in [2.24, 2.45) is 0 Å². The Hall–Kier alpha value is -0.409. The van der Waals surface area contributed by atoms with Crippen LogP contribution >= 0.6 is 0 Å². The van der Waals surface area contributed by atoms with E-state index < -0.39 is 8.07 Å². The normalized spacial score (nSPS) is 14.2. The minimum Gasteiger partial charge on any atom is -1.00 e. The maximum Gasteiger partial charge on any atom is 4.00 e. The molecule has 0 nitrogen and oxygen atoms in total. The van der Waals surface area contributed by atoms with E-state index >= 15 is 0 Å². The predicted octanol–water partition coefficient (Wildman–Crippen LogP) is -4.56. The second kappa shape index (κ2) is 11.4. The maximum atomic E-state index is 2.47. The summed E-state index contributed by atoms with van der Waals surface area (Å²) in [5, 5.41) is 3.26. The summed E-state index contributed by atoms with van der Waals surface area (Å²) in [7, 11) is -1.50. The fourth-order valence-corrected chi connectivity index (χ4v) is 9.14. The summed E-state index contributed by atoms with van der Waals surface area (Å²) in [6.07, 6.45) is 2.79. The van der Waals surface area contributed by atoms with Crippen molar-refractivity contribution in [1.29, 1.82) is 0 Å². The Balaban J connectivity index is 0.00000156. The molecule has 0 aromatic heterocycles. The number of benzene rings is 2. The molecule has 1 saturated heterocycles. The third-order valence-corrected chi connectivity index (χ3v) is 10.5. The fraction of sp³-hybridized carbons (Fsp3) is 0.190. The number of halogens is 3. The van der Waals surface area contributed by atoms with E-state index in [1.165, 1.54) is 36.1 Å². The van der Waals surface area contributed by atoms with Crippen LogP contribution in [0.25, 0.3) is 11.1 Å². The van der Waals surface area contributed by atoms with E-state index in [4.69, 9.17) is 0 Å². The van der Waals surface area contributed by atoms with Crippen molar-refractivity contribution < 1.29 is 58.9 Å². The number of rotatable bonds is 3. The van der Waals surface area contributed by atoms with Crippen LogP contribution in [0.2, 0.25) is 12.1 Å². The largest absolute Gasteiger partial charge is 4.00 e. The summed E-state index contributed by atoms with van der Waals surface area (Å²) in [5.74, 6) is 0. The second-order valence-electron chi connectivity index (χ2n) is 6.41. The van der Waals surface area contributed by atoms with Crippen LogP contribution in [0.15, 0.2) is 78.9 Å². The number of hydrogen-bond acceptors (Lipinski definition) is 0. The average Bonchev–Trinajstić information content (AvgIpc) is 3.27. The molecule has 1 aliphatic heterocycles. The first-order valence-electron chi connectivity index (χ1n) is 8.27. The molecule has 3 aromatic rings. The van der Waals surface area contributed by atoms with Crippen molar-refractivity contribution >= 4 is 18.4 Å². The molecule has 0 saturated carbocycles. The van der Waals surface area contributed by atoms with Gasteiger partial charge in [0.1, 0.15) is 0 Å². The molecule has 0 aliphatic carbocycles. The Morgan fingerprint density at radius 2 is 1.19 bits per heavy atom. The van der Waals surface area contributed by atoms with E-state index in [1.54, 1.807) is 10.4 Å². The first-order chi connectivity index (χ1) is 10.9.